The summed E-state index contributed by atoms with van der Waals surface area (Å²) in [5.41, 5.74) is 3.15. The first-order valence-electron chi connectivity index (χ1n) is 5.34. The predicted molar refractivity (Wildman–Crippen MR) is 48.7 cm³/mol. The number of rotatable bonds is 1. The minimum absolute atomic E-state index is 0.670. The fourth-order valence-corrected chi connectivity index (χ4v) is 2.46. The van der Waals surface area contributed by atoms with E-state index in [-0.39, 0.29) is 0 Å². The Morgan fingerprint density at radius 2 is 1.67 bits per heavy atom. The summed E-state index contributed by atoms with van der Waals surface area (Å²) in [7, 11) is 0. The standard InChI is InChI=1S/C10H19NO/c1-2-4-6-9(5-3-1)10-7-8-12-11-10/h9-11H,1-8H2. The van der Waals surface area contributed by atoms with Crippen LogP contribution < -0.4 is 5.48 Å². The lowest BCUT2D eigenvalue weighted by atomic mass is 9.91. The van der Waals surface area contributed by atoms with Crippen LogP contribution in [0, 0.1) is 5.92 Å². The average Bonchev–Trinajstić information content (AvgIpc) is 2.48. The molecule has 1 aliphatic carbocycles. The second-order valence-electron chi connectivity index (χ2n) is 4.11. The van der Waals surface area contributed by atoms with E-state index in [0.717, 1.165) is 12.5 Å². The molecule has 2 aliphatic rings. The van der Waals surface area contributed by atoms with Crippen LogP contribution in [-0.4, -0.2) is 12.6 Å². The molecule has 1 heterocycles. The highest BCUT2D eigenvalue weighted by Gasteiger charge is 2.25. The first kappa shape index (κ1) is 8.52. The van der Waals surface area contributed by atoms with E-state index in [1.807, 2.05) is 0 Å². The van der Waals surface area contributed by atoms with E-state index in [2.05, 4.69) is 5.48 Å². The van der Waals surface area contributed by atoms with E-state index in [0.29, 0.717) is 6.04 Å². The van der Waals surface area contributed by atoms with Gasteiger partial charge in [0.2, 0.25) is 0 Å². The van der Waals surface area contributed by atoms with E-state index in [1.165, 1.54) is 44.9 Å². The summed E-state index contributed by atoms with van der Waals surface area (Å²) < 4.78 is 0. The molecule has 2 nitrogen and oxygen atoms in total. The van der Waals surface area contributed by atoms with Crippen molar-refractivity contribution in [3.05, 3.63) is 0 Å². The van der Waals surface area contributed by atoms with Gasteiger partial charge in [-0.15, -0.1) is 0 Å². The normalized spacial score (nSPS) is 33.5. The van der Waals surface area contributed by atoms with Gasteiger partial charge in [-0.1, -0.05) is 25.7 Å². The third kappa shape index (κ3) is 1.99. The maximum Gasteiger partial charge on any atom is 0.0698 e. The van der Waals surface area contributed by atoms with Crippen LogP contribution in [-0.2, 0) is 4.84 Å². The zero-order chi connectivity index (χ0) is 8.23. The van der Waals surface area contributed by atoms with E-state index < -0.39 is 0 Å². The molecule has 2 rings (SSSR count). The van der Waals surface area contributed by atoms with Crippen LogP contribution in [0.25, 0.3) is 0 Å². The number of hydrogen-bond donors (Lipinski definition) is 1. The lowest BCUT2D eigenvalue weighted by molar-refractivity contribution is 0.0756. The monoisotopic (exact) mass is 169 g/mol. The van der Waals surface area contributed by atoms with Crippen LogP contribution in [0.3, 0.4) is 0 Å². The largest absolute Gasteiger partial charge is 0.301 e. The topological polar surface area (TPSA) is 21.3 Å². The minimum atomic E-state index is 0.670. The van der Waals surface area contributed by atoms with Gasteiger partial charge in [0, 0.05) is 6.04 Å². The third-order valence-electron chi connectivity index (χ3n) is 3.23. The van der Waals surface area contributed by atoms with Gasteiger partial charge in [0.25, 0.3) is 0 Å². The summed E-state index contributed by atoms with van der Waals surface area (Å²) in [6.07, 6.45) is 9.83. The Kier molecular flexibility index (Phi) is 3.01. The molecule has 0 spiro atoms. The molecule has 0 radical (unpaired) electrons. The SMILES string of the molecule is C1CCCC(C2CCON2)CC1. The first-order valence-corrected chi connectivity index (χ1v) is 5.34. The van der Waals surface area contributed by atoms with Crippen molar-refractivity contribution >= 4 is 0 Å². The minimum Gasteiger partial charge on any atom is -0.301 e. The smallest absolute Gasteiger partial charge is 0.0698 e. The van der Waals surface area contributed by atoms with Crippen molar-refractivity contribution in [1.29, 1.82) is 0 Å². The van der Waals surface area contributed by atoms with Crippen LogP contribution >= 0.6 is 0 Å². The quantitative estimate of drug-likeness (QED) is 0.608. The molecule has 1 atom stereocenters. The van der Waals surface area contributed by atoms with Crippen molar-refractivity contribution in [2.75, 3.05) is 6.61 Å². The number of hydroxylamine groups is 1. The van der Waals surface area contributed by atoms with Crippen LogP contribution in [0.4, 0.5) is 0 Å². The highest BCUT2D eigenvalue weighted by Crippen LogP contribution is 2.28. The first-order chi connectivity index (χ1) is 5.97. The average molecular weight is 169 g/mol. The Bertz CT molecular complexity index is 124. The summed E-state index contributed by atoms with van der Waals surface area (Å²) in [6, 6.07) is 0.670. The van der Waals surface area contributed by atoms with E-state index in [9.17, 15) is 0 Å². The fraction of sp³-hybridized carbons (Fsp3) is 1.00. The third-order valence-corrected chi connectivity index (χ3v) is 3.23. The summed E-state index contributed by atoms with van der Waals surface area (Å²) in [4.78, 5) is 5.20. The van der Waals surface area contributed by atoms with Crippen LogP contribution in [0.1, 0.15) is 44.9 Å². The Hall–Kier alpha value is -0.0800. The second kappa shape index (κ2) is 4.24. The lowest BCUT2D eigenvalue weighted by Crippen LogP contribution is -2.29. The molecule has 2 fully saturated rings. The van der Waals surface area contributed by atoms with Crippen molar-refractivity contribution in [1.82, 2.24) is 5.48 Å². The number of nitrogens with one attached hydrogen (secondary N) is 1. The summed E-state index contributed by atoms with van der Waals surface area (Å²) >= 11 is 0. The summed E-state index contributed by atoms with van der Waals surface area (Å²) in [5.74, 6) is 0.898. The molecule has 0 aromatic carbocycles. The van der Waals surface area contributed by atoms with Crippen molar-refractivity contribution in [2.24, 2.45) is 5.92 Å². The molecule has 0 amide bonds. The molecule has 0 bridgehead atoms. The Morgan fingerprint density at radius 3 is 2.25 bits per heavy atom. The second-order valence-corrected chi connectivity index (χ2v) is 4.11. The highest BCUT2D eigenvalue weighted by atomic mass is 16.7. The van der Waals surface area contributed by atoms with Gasteiger partial charge in [0.05, 0.1) is 6.61 Å². The molecule has 0 aromatic heterocycles. The molecular weight excluding hydrogens is 150 g/mol. The van der Waals surface area contributed by atoms with E-state index >= 15 is 0 Å². The van der Waals surface area contributed by atoms with Crippen molar-refractivity contribution in [3.63, 3.8) is 0 Å². The van der Waals surface area contributed by atoms with Gasteiger partial charge in [-0.3, -0.25) is 0 Å². The maximum atomic E-state index is 5.20. The highest BCUT2D eigenvalue weighted by molar-refractivity contribution is 4.78. The van der Waals surface area contributed by atoms with Gasteiger partial charge in [-0.2, -0.15) is 5.48 Å². The van der Waals surface area contributed by atoms with Gasteiger partial charge in [-0.05, 0) is 25.2 Å². The molecule has 1 aliphatic heterocycles. The van der Waals surface area contributed by atoms with Gasteiger partial charge >= 0.3 is 0 Å². The van der Waals surface area contributed by atoms with Crippen molar-refractivity contribution in [3.8, 4) is 0 Å². The number of hydrogen-bond acceptors (Lipinski definition) is 2. The molecule has 1 N–H and O–H groups in total. The molecular formula is C10H19NO. The van der Waals surface area contributed by atoms with E-state index in [4.69, 9.17) is 4.84 Å². The molecule has 1 saturated heterocycles. The van der Waals surface area contributed by atoms with Gasteiger partial charge in [-0.25, -0.2) is 0 Å². The van der Waals surface area contributed by atoms with Crippen molar-refractivity contribution < 1.29 is 4.84 Å². The predicted octanol–water partition coefficient (Wildman–Crippen LogP) is 2.25. The van der Waals surface area contributed by atoms with Crippen molar-refractivity contribution in [2.45, 2.75) is 51.0 Å². The van der Waals surface area contributed by atoms with Crippen LogP contribution in [0.5, 0.6) is 0 Å². The van der Waals surface area contributed by atoms with Gasteiger partial charge in [0.1, 0.15) is 0 Å². The van der Waals surface area contributed by atoms with Gasteiger partial charge in [0.15, 0.2) is 0 Å². The zero-order valence-corrected chi connectivity index (χ0v) is 7.72. The molecule has 0 aromatic rings. The van der Waals surface area contributed by atoms with Crippen LogP contribution in [0.2, 0.25) is 0 Å². The summed E-state index contributed by atoms with van der Waals surface area (Å²) in [6.45, 7) is 0.918. The molecule has 2 heteroatoms. The van der Waals surface area contributed by atoms with E-state index in [1.54, 1.807) is 0 Å². The Balaban J connectivity index is 1.83. The molecule has 12 heavy (non-hydrogen) atoms. The van der Waals surface area contributed by atoms with Gasteiger partial charge < -0.3 is 4.84 Å². The molecule has 1 unspecified atom stereocenters. The zero-order valence-electron chi connectivity index (χ0n) is 7.72. The fourth-order valence-electron chi connectivity index (χ4n) is 2.46. The van der Waals surface area contributed by atoms with Crippen LogP contribution in [0.15, 0.2) is 0 Å². The Morgan fingerprint density at radius 1 is 0.917 bits per heavy atom. The maximum absolute atomic E-state index is 5.20. The molecule has 70 valence electrons. The lowest BCUT2D eigenvalue weighted by Gasteiger charge is -2.19. The summed E-state index contributed by atoms with van der Waals surface area (Å²) in [5, 5.41) is 0. The Labute approximate surface area is 74.6 Å². The molecule has 1 saturated carbocycles.